The van der Waals surface area contributed by atoms with E-state index < -0.39 is 63.3 Å². The molecule has 0 bridgehead atoms. The van der Waals surface area contributed by atoms with Crippen LogP contribution >= 0.6 is 0 Å². The molecule has 0 aliphatic carbocycles. The fourth-order valence-electron chi connectivity index (χ4n) is 13.0. The van der Waals surface area contributed by atoms with Crippen LogP contribution in [-0.2, 0) is 6.18 Å². The molecule has 0 N–H and O–H groups in total. The molecule has 0 aliphatic heterocycles. The van der Waals surface area contributed by atoms with Crippen LogP contribution in [0.3, 0.4) is 0 Å². The first-order valence-corrected chi connectivity index (χ1v) is 30.3. The minimum Gasteiger partial charge on any atom is -0.308 e. The summed E-state index contributed by atoms with van der Waals surface area (Å²) in [5.41, 5.74) is 6.90. The summed E-state index contributed by atoms with van der Waals surface area (Å²) in [6.07, 6.45) is 1.34. The van der Waals surface area contributed by atoms with Gasteiger partial charge in [0.2, 0.25) is 5.82 Å². The summed E-state index contributed by atoms with van der Waals surface area (Å²) < 4.78 is 137. The Morgan fingerprint density at radius 2 is 0.495 bits per heavy atom. The van der Waals surface area contributed by atoms with Crippen LogP contribution in [0.5, 0.6) is 0 Å². The monoisotopic (exact) mass is 1250 g/mol. The van der Waals surface area contributed by atoms with Crippen LogP contribution in [0.25, 0.3) is 156 Å². The molecule has 0 amide bonds. The number of aromatic nitrogens is 6. The lowest BCUT2D eigenvalue weighted by Crippen LogP contribution is -2.13. The number of pyridine rings is 4. The molecular weight excluding hydrogens is 1210 g/mol. The fourth-order valence-corrected chi connectivity index (χ4v) is 13.0. The van der Waals surface area contributed by atoms with Gasteiger partial charge in [0.1, 0.15) is 0 Å². The highest BCUT2D eigenvalue weighted by Gasteiger charge is 2.38. The lowest BCUT2D eigenvalue weighted by atomic mass is 9.95. The summed E-state index contributed by atoms with van der Waals surface area (Å²) in [6, 6.07) is 75.5. The first kappa shape index (κ1) is 58.0. The van der Waals surface area contributed by atoms with Crippen LogP contribution in [-0.4, -0.2) is 29.1 Å². The van der Waals surface area contributed by atoms with Gasteiger partial charge in [-0.3, -0.25) is 19.9 Å². The predicted octanol–water partition coefficient (Wildman–Crippen LogP) is 22.2. The summed E-state index contributed by atoms with van der Waals surface area (Å²) in [6.45, 7) is 0. The van der Waals surface area contributed by atoms with Crippen molar-refractivity contribution in [1.29, 1.82) is 0 Å². The van der Waals surface area contributed by atoms with Gasteiger partial charge in [-0.2, -0.15) is 13.2 Å². The molecule has 16 aromatic rings. The average molecular weight is 1260 g/mol. The number of benzene rings is 10. The van der Waals surface area contributed by atoms with Gasteiger partial charge in [0.15, 0.2) is 23.3 Å². The second kappa shape index (κ2) is 23.2. The second-order valence-corrected chi connectivity index (χ2v) is 23.1. The summed E-state index contributed by atoms with van der Waals surface area (Å²) in [5.74, 6) is -11.6. The maximum Gasteiger partial charge on any atom is 0.416 e. The molecule has 6 aromatic heterocycles. The van der Waals surface area contributed by atoms with Crippen LogP contribution in [0.4, 0.5) is 35.1 Å². The van der Waals surface area contributed by atoms with Crippen molar-refractivity contribution in [2.45, 2.75) is 6.18 Å². The zero-order valence-electron chi connectivity index (χ0n) is 49.8. The molecule has 0 spiro atoms. The van der Waals surface area contributed by atoms with Gasteiger partial charge in [0.05, 0.1) is 67.3 Å². The number of fused-ring (bicyclic) bond motifs is 6. The highest BCUT2D eigenvalue weighted by Crippen LogP contribution is 2.49. The summed E-state index contributed by atoms with van der Waals surface area (Å²) in [4.78, 5) is 18.6. The molecule has 95 heavy (non-hydrogen) atoms. The zero-order chi connectivity index (χ0) is 64.6. The first-order valence-electron chi connectivity index (χ1n) is 30.3. The molecule has 6 nitrogen and oxygen atoms in total. The fraction of sp³-hybridized carbons (Fsp3) is 0.0123. The highest BCUT2D eigenvalue weighted by atomic mass is 19.4. The van der Waals surface area contributed by atoms with Crippen molar-refractivity contribution in [1.82, 2.24) is 29.1 Å². The van der Waals surface area contributed by atoms with E-state index in [4.69, 9.17) is 0 Å². The molecule has 0 radical (unpaired) electrons. The Morgan fingerprint density at radius 3 is 0.758 bits per heavy atom. The minimum absolute atomic E-state index is 0.230. The number of halogens is 8. The molecule has 0 aliphatic rings. The van der Waals surface area contributed by atoms with Crippen molar-refractivity contribution in [3.63, 3.8) is 0 Å². The Morgan fingerprint density at radius 1 is 0.242 bits per heavy atom. The quantitative estimate of drug-likeness (QED) is 0.0735. The summed E-state index contributed by atoms with van der Waals surface area (Å²) in [7, 11) is 0. The molecule has 14 heteroatoms. The van der Waals surface area contributed by atoms with E-state index >= 15 is 35.1 Å². The molecule has 0 atom stereocenters. The average Bonchev–Trinajstić information content (AvgIpc) is 1.62. The van der Waals surface area contributed by atoms with Gasteiger partial charge in [-0.1, -0.05) is 170 Å². The molecule has 0 fully saturated rings. The van der Waals surface area contributed by atoms with Crippen molar-refractivity contribution in [3.8, 4) is 112 Å². The molecule has 456 valence electrons. The smallest absolute Gasteiger partial charge is 0.308 e. The molecule has 10 aromatic carbocycles. The largest absolute Gasteiger partial charge is 0.416 e. The summed E-state index contributed by atoms with van der Waals surface area (Å²) >= 11 is 0. The Hall–Kier alpha value is -12.2. The number of rotatable bonds is 11. The minimum atomic E-state index is -5.21. The third kappa shape index (κ3) is 10.2. The van der Waals surface area contributed by atoms with E-state index in [-0.39, 0.29) is 22.1 Å². The third-order valence-corrected chi connectivity index (χ3v) is 17.6. The maximum atomic E-state index is 17.8. The predicted molar refractivity (Wildman–Crippen MR) is 360 cm³/mol. The Balaban J connectivity index is 1.05. The van der Waals surface area contributed by atoms with Gasteiger partial charge < -0.3 is 9.13 Å². The van der Waals surface area contributed by atoms with Crippen LogP contribution in [0, 0.1) is 29.1 Å². The molecule has 0 saturated heterocycles. The topological polar surface area (TPSA) is 61.4 Å². The molecule has 6 heterocycles. The van der Waals surface area contributed by atoms with Gasteiger partial charge in [0, 0.05) is 74.1 Å². The van der Waals surface area contributed by atoms with E-state index in [2.05, 4.69) is 19.9 Å². The Labute approximate surface area is 537 Å². The standard InChI is InChI=1S/C81H46F8N6/c82-76-75(77(83)79(85)80(86)78(76)84)74-72(94-68-41-51(55-29-33-90-64(37-55)47-13-5-1-6-14-47)21-25-60(68)61-26-22-52(42-69(61)94)56-30-34-91-65(38-56)48-15-7-2-8-16-48)45-59(81(87,88)89)46-73(74)95-70-43-53(57-31-35-92-66(39-57)49-17-9-3-10-18-49)23-27-62(70)63-28-24-54(44-71(63)95)58-32-36-93-67(40-58)50-19-11-4-12-20-50/h1-46H. The summed E-state index contributed by atoms with van der Waals surface area (Å²) in [5, 5.41) is 1.95. The molecular formula is C81H46F8N6. The van der Waals surface area contributed by atoms with Crippen LogP contribution < -0.4 is 0 Å². The molecule has 0 saturated carbocycles. The third-order valence-electron chi connectivity index (χ3n) is 17.6. The van der Waals surface area contributed by atoms with Gasteiger partial charge in [-0.25, -0.2) is 22.0 Å². The van der Waals surface area contributed by atoms with E-state index in [9.17, 15) is 0 Å². The van der Waals surface area contributed by atoms with Gasteiger partial charge in [-0.05, 0) is 129 Å². The lowest BCUT2D eigenvalue weighted by Gasteiger charge is -2.24. The molecule has 16 rings (SSSR count). The number of hydrogen-bond acceptors (Lipinski definition) is 4. The number of alkyl halides is 3. The normalized spacial score (nSPS) is 11.8. The van der Waals surface area contributed by atoms with E-state index in [0.717, 1.165) is 34.4 Å². The van der Waals surface area contributed by atoms with Gasteiger partial charge >= 0.3 is 6.18 Å². The number of hydrogen-bond donors (Lipinski definition) is 0. The van der Waals surface area contributed by atoms with E-state index in [1.807, 2.05) is 170 Å². The number of nitrogens with zero attached hydrogens (tertiary/aromatic N) is 6. The van der Waals surface area contributed by atoms with Crippen LogP contribution in [0.15, 0.2) is 280 Å². The van der Waals surface area contributed by atoms with Gasteiger partial charge in [-0.15, -0.1) is 0 Å². The van der Waals surface area contributed by atoms with Crippen molar-refractivity contribution in [2.24, 2.45) is 0 Å². The van der Waals surface area contributed by atoms with Crippen LogP contribution in [0.2, 0.25) is 0 Å². The van der Waals surface area contributed by atoms with E-state index in [1.54, 1.807) is 97.6 Å². The van der Waals surface area contributed by atoms with Gasteiger partial charge in [0.25, 0.3) is 0 Å². The Bertz CT molecular complexity index is 5100. The van der Waals surface area contributed by atoms with E-state index in [0.29, 0.717) is 88.8 Å². The van der Waals surface area contributed by atoms with Crippen molar-refractivity contribution in [2.75, 3.05) is 0 Å². The zero-order valence-corrected chi connectivity index (χ0v) is 49.8. The lowest BCUT2D eigenvalue weighted by molar-refractivity contribution is -0.137. The molecule has 0 unspecified atom stereocenters. The van der Waals surface area contributed by atoms with Crippen LogP contribution in [0.1, 0.15) is 5.56 Å². The Kier molecular flexibility index (Phi) is 14.2. The second-order valence-electron chi connectivity index (χ2n) is 23.1. The first-order chi connectivity index (χ1) is 46.3. The SMILES string of the molecule is Fc1c(F)c(F)c(-c2c(-n3c4cc(-c5ccnc(-c6ccccc6)c5)ccc4c4ccc(-c5ccnc(-c6ccccc6)c5)cc43)cc(C(F)(F)F)cc2-n2c3cc(-c4ccnc(-c5ccccc5)c4)ccc3c3ccc(-c4ccnc(-c5ccccc5)c4)cc32)c(F)c1F. The highest BCUT2D eigenvalue weighted by molar-refractivity contribution is 6.14. The van der Waals surface area contributed by atoms with E-state index in [1.165, 1.54) is 9.13 Å². The van der Waals surface area contributed by atoms with Crippen molar-refractivity contribution in [3.05, 3.63) is 314 Å². The van der Waals surface area contributed by atoms with Crippen molar-refractivity contribution >= 4 is 43.6 Å². The van der Waals surface area contributed by atoms with Crippen molar-refractivity contribution < 1.29 is 35.1 Å². The maximum absolute atomic E-state index is 17.8.